The second-order valence-corrected chi connectivity index (χ2v) is 27.0. The van der Waals surface area contributed by atoms with Crippen LogP contribution in [0, 0.1) is 0 Å². The van der Waals surface area contributed by atoms with E-state index in [0.717, 1.165) is 122 Å². The van der Waals surface area contributed by atoms with Gasteiger partial charge in [0.1, 0.15) is 19.8 Å². The summed E-state index contributed by atoms with van der Waals surface area (Å²) in [5.41, 5.74) is 0. The molecule has 0 saturated carbocycles. The second kappa shape index (κ2) is 70.9. The van der Waals surface area contributed by atoms with Gasteiger partial charge in [0.25, 0.3) is 7.82 Å². The van der Waals surface area contributed by atoms with Crippen molar-refractivity contribution in [1.29, 1.82) is 0 Å². The molecular formula is C82H138NO8P. The molecule has 524 valence electrons. The van der Waals surface area contributed by atoms with Crippen molar-refractivity contribution in [2.45, 2.75) is 302 Å². The highest BCUT2D eigenvalue weighted by Crippen LogP contribution is 2.38. The molecule has 10 heteroatoms. The van der Waals surface area contributed by atoms with Crippen LogP contribution in [0.2, 0.25) is 0 Å². The minimum Gasteiger partial charge on any atom is -0.756 e. The Labute approximate surface area is 566 Å². The highest BCUT2D eigenvalue weighted by Gasteiger charge is 2.22. The monoisotopic (exact) mass is 1300 g/mol. The molecule has 0 N–H and O–H groups in total. The third-order valence-electron chi connectivity index (χ3n) is 15.5. The molecule has 0 rings (SSSR count). The van der Waals surface area contributed by atoms with Gasteiger partial charge in [-0.1, -0.05) is 313 Å². The van der Waals surface area contributed by atoms with E-state index in [-0.39, 0.29) is 26.1 Å². The van der Waals surface area contributed by atoms with E-state index >= 15 is 0 Å². The van der Waals surface area contributed by atoms with Gasteiger partial charge in [0.15, 0.2) is 6.10 Å². The first-order valence-corrected chi connectivity index (χ1v) is 38.7. The van der Waals surface area contributed by atoms with Gasteiger partial charge in [0, 0.05) is 12.8 Å². The average Bonchev–Trinajstić information content (AvgIpc) is 2.23. The molecule has 0 aliphatic carbocycles. The Kier molecular flexibility index (Phi) is 67.6. The number of allylic oxidation sites excluding steroid dienone is 26. The molecule has 2 unspecified atom stereocenters. The molecular weight excluding hydrogens is 1160 g/mol. The van der Waals surface area contributed by atoms with Gasteiger partial charge in [-0.3, -0.25) is 14.2 Å². The molecule has 0 bridgehead atoms. The zero-order valence-electron chi connectivity index (χ0n) is 59.7. The fraction of sp³-hybridized carbons (Fsp3) is 0.659. The lowest BCUT2D eigenvalue weighted by Crippen LogP contribution is -2.37. The summed E-state index contributed by atoms with van der Waals surface area (Å²) < 4.78 is 34.3. The molecule has 2 atom stereocenters. The molecule has 0 heterocycles. The number of phosphoric ester groups is 1. The van der Waals surface area contributed by atoms with Crippen LogP contribution in [0.15, 0.2) is 158 Å². The number of unbranched alkanes of at least 4 members (excludes halogenated alkanes) is 27. The van der Waals surface area contributed by atoms with E-state index in [2.05, 4.69) is 172 Å². The lowest BCUT2D eigenvalue weighted by Gasteiger charge is -2.28. The third kappa shape index (κ3) is 74.7. The van der Waals surface area contributed by atoms with Crippen LogP contribution in [-0.2, 0) is 32.7 Å². The normalized spacial score (nSPS) is 14.0. The van der Waals surface area contributed by atoms with Crippen LogP contribution in [0.4, 0.5) is 0 Å². The van der Waals surface area contributed by atoms with Crippen LogP contribution in [0.1, 0.15) is 296 Å². The molecule has 0 aromatic rings. The van der Waals surface area contributed by atoms with Crippen molar-refractivity contribution in [1.82, 2.24) is 0 Å². The molecule has 0 aliphatic heterocycles. The number of hydrogen-bond donors (Lipinski definition) is 0. The summed E-state index contributed by atoms with van der Waals surface area (Å²) >= 11 is 0. The Morgan fingerprint density at radius 3 is 0.935 bits per heavy atom. The number of esters is 2. The number of phosphoric acid groups is 1. The second-order valence-electron chi connectivity index (χ2n) is 25.6. The molecule has 0 aliphatic rings. The number of likely N-dealkylation sites (N-methyl/N-ethyl adjacent to an activating group) is 1. The quantitative estimate of drug-likeness (QED) is 0.0195. The maximum Gasteiger partial charge on any atom is 0.306 e. The SMILES string of the molecule is CC/C=C\C/C=C\C/C=C\C/C=C\C/C=C\C/C=C\C/C=C\C/C=C\C/C=C\C/C=C\C/C=C\C/C=C\CCCCCCC(=O)OC(COC(=O)CCCCCCCCCCCCCCCCC/C=C\CCCCCCCCCC)COP(=O)([O-])OCC[N+](C)(C)C. The van der Waals surface area contributed by atoms with Gasteiger partial charge < -0.3 is 27.9 Å². The molecule has 9 nitrogen and oxygen atoms in total. The molecule has 0 fully saturated rings. The highest BCUT2D eigenvalue weighted by atomic mass is 31.2. The van der Waals surface area contributed by atoms with E-state index in [1.54, 1.807) is 0 Å². The van der Waals surface area contributed by atoms with Crippen molar-refractivity contribution >= 4 is 19.8 Å². The van der Waals surface area contributed by atoms with Gasteiger partial charge in [-0.25, -0.2) is 0 Å². The fourth-order valence-corrected chi connectivity index (χ4v) is 10.6. The first-order valence-electron chi connectivity index (χ1n) is 37.2. The van der Waals surface area contributed by atoms with Gasteiger partial charge in [0.2, 0.25) is 0 Å². The Morgan fingerprint density at radius 1 is 0.348 bits per heavy atom. The van der Waals surface area contributed by atoms with Gasteiger partial charge >= 0.3 is 11.9 Å². The summed E-state index contributed by atoms with van der Waals surface area (Å²) in [4.78, 5) is 38.1. The molecule has 0 aromatic carbocycles. The average molecular weight is 1300 g/mol. The largest absolute Gasteiger partial charge is 0.756 e. The number of ether oxygens (including phenoxy) is 2. The Morgan fingerprint density at radius 2 is 0.620 bits per heavy atom. The number of carbonyl (C=O) groups excluding carboxylic acids is 2. The molecule has 0 saturated heterocycles. The Balaban J connectivity index is 4.14. The van der Waals surface area contributed by atoms with Crippen LogP contribution in [-0.4, -0.2) is 70.0 Å². The number of nitrogens with zero attached hydrogens (tertiary/aromatic N) is 1. The summed E-state index contributed by atoms with van der Waals surface area (Å²) in [6.07, 6.45) is 106. The van der Waals surface area contributed by atoms with Crippen molar-refractivity contribution in [3.63, 3.8) is 0 Å². The van der Waals surface area contributed by atoms with E-state index in [9.17, 15) is 19.0 Å². The van der Waals surface area contributed by atoms with Gasteiger partial charge in [-0.05, 0) is 128 Å². The first-order chi connectivity index (χ1) is 45.0. The van der Waals surface area contributed by atoms with Gasteiger partial charge in [-0.2, -0.15) is 0 Å². The zero-order chi connectivity index (χ0) is 66.9. The molecule has 0 radical (unpaired) electrons. The van der Waals surface area contributed by atoms with Crippen molar-refractivity contribution in [2.75, 3.05) is 47.5 Å². The molecule has 0 amide bonds. The smallest absolute Gasteiger partial charge is 0.306 e. The highest BCUT2D eigenvalue weighted by molar-refractivity contribution is 7.45. The van der Waals surface area contributed by atoms with Gasteiger partial charge in [0.05, 0.1) is 27.7 Å². The lowest BCUT2D eigenvalue weighted by atomic mass is 10.0. The van der Waals surface area contributed by atoms with Crippen molar-refractivity contribution in [3.8, 4) is 0 Å². The molecule has 92 heavy (non-hydrogen) atoms. The maximum absolute atomic E-state index is 12.9. The first kappa shape index (κ1) is 87.6. The summed E-state index contributed by atoms with van der Waals surface area (Å²) in [6.45, 7) is 4.11. The number of rotatable bonds is 67. The standard InChI is InChI=1S/C82H138NO8P/c1-6-8-10-12-14-16-18-20-22-24-26-28-30-32-34-35-36-37-38-39-40-41-42-43-44-45-46-47-49-51-53-55-57-59-61-63-65-67-69-71-73-75-82(85)91-80(79-90-92(86,87)89-77-76-83(3,4)5)78-88-81(84)74-72-70-68-66-64-62-60-58-56-54-52-50-48-33-31-29-27-25-23-21-19-17-15-13-11-9-7-2/h8,10,14,16,20,22,25-28,32,34,36-37,39-40,42-43,45-46,49,51,55,57,61,63,80H,6-7,9,11-13,15,17-19,21,23-24,29-31,33,35,38,41,44,47-48,50,52-54,56,58-60,62,64-79H2,1-5H3/b10-8-,16-14-,22-20-,27-25-,28-26-,34-32-,37-36-,40-39-,43-42-,46-45-,51-49-,57-55-,63-61-. The molecule has 0 spiro atoms. The lowest BCUT2D eigenvalue weighted by molar-refractivity contribution is -0.870. The summed E-state index contributed by atoms with van der Waals surface area (Å²) in [6, 6.07) is 0. The van der Waals surface area contributed by atoms with Crippen LogP contribution in [0.25, 0.3) is 0 Å². The number of quaternary nitrogens is 1. The fourth-order valence-electron chi connectivity index (χ4n) is 9.87. The topological polar surface area (TPSA) is 111 Å². The molecule has 0 aromatic heterocycles. The summed E-state index contributed by atoms with van der Waals surface area (Å²) in [5, 5.41) is 0. The van der Waals surface area contributed by atoms with E-state index in [4.69, 9.17) is 18.5 Å². The number of hydrogen-bond acceptors (Lipinski definition) is 8. The van der Waals surface area contributed by atoms with Gasteiger partial charge in [-0.15, -0.1) is 0 Å². The summed E-state index contributed by atoms with van der Waals surface area (Å²) in [7, 11) is 1.14. The predicted octanol–water partition coefficient (Wildman–Crippen LogP) is 24.1. The zero-order valence-corrected chi connectivity index (χ0v) is 60.6. The van der Waals surface area contributed by atoms with Crippen molar-refractivity contribution in [2.24, 2.45) is 0 Å². The number of carbonyl (C=O) groups is 2. The van der Waals surface area contributed by atoms with E-state index in [1.807, 2.05) is 21.1 Å². The van der Waals surface area contributed by atoms with E-state index in [0.29, 0.717) is 17.4 Å². The van der Waals surface area contributed by atoms with Crippen LogP contribution < -0.4 is 4.89 Å². The van der Waals surface area contributed by atoms with E-state index in [1.165, 1.54) is 141 Å². The Bertz CT molecular complexity index is 2110. The minimum atomic E-state index is -4.66. The van der Waals surface area contributed by atoms with Crippen LogP contribution in [0.5, 0.6) is 0 Å². The minimum absolute atomic E-state index is 0.0430. The summed E-state index contributed by atoms with van der Waals surface area (Å²) in [5.74, 6) is -0.864. The van der Waals surface area contributed by atoms with Crippen LogP contribution in [0.3, 0.4) is 0 Å². The van der Waals surface area contributed by atoms with Crippen molar-refractivity contribution < 1.29 is 42.1 Å². The van der Waals surface area contributed by atoms with Crippen LogP contribution >= 0.6 is 7.82 Å². The Hall–Kier alpha value is -4.37. The third-order valence-corrected chi connectivity index (χ3v) is 16.5. The van der Waals surface area contributed by atoms with Crippen molar-refractivity contribution in [3.05, 3.63) is 158 Å². The van der Waals surface area contributed by atoms with E-state index < -0.39 is 32.5 Å². The maximum atomic E-state index is 12.9. The predicted molar refractivity (Wildman–Crippen MR) is 397 cm³/mol.